The topological polar surface area (TPSA) is 67.4 Å². The van der Waals surface area contributed by atoms with Crippen LogP contribution in [-0.4, -0.2) is 35.7 Å². The molecule has 0 spiro atoms. The third kappa shape index (κ3) is 4.68. The second kappa shape index (κ2) is 7.90. The maximum absolute atomic E-state index is 13.7. The van der Waals surface area contributed by atoms with Gasteiger partial charge in [-0.05, 0) is 31.2 Å². The van der Waals surface area contributed by atoms with Crippen molar-refractivity contribution in [3.05, 3.63) is 28.5 Å². The van der Waals surface area contributed by atoms with Gasteiger partial charge in [0.15, 0.2) is 0 Å². The molecular formula is C12H18ClFN2O3S. The largest absolute Gasteiger partial charge is 0.385 e. The average molecular weight is 325 g/mol. The van der Waals surface area contributed by atoms with E-state index in [1.807, 2.05) is 0 Å². The molecule has 0 atom stereocenters. The summed E-state index contributed by atoms with van der Waals surface area (Å²) in [6.07, 6.45) is 0.537. The van der Waals surface area contributed by atoms with E-state index in [0.717, 1.165) is 6.07 Å². The summed E-state index contributed by atoms with van der Waals surface area (Å²) in [5.41, 5.74) is 0.395. The van der Waals surface area contributed by atoms with E-state index in [9.17, 15) is 12.8 Å². The van der Waals surface area contributed by atoms with E-state index in [4.69, 9.17) is 16.3 Å². The summed E-state index contributed by atoms with van der Waals surface area (Å²) in [6.45, 7) is 0.951. The molecule has 0 unspecified atom stereocenters. The Morgan fingerprint density at radius 3 is 2.70 bits per heavy atom. The molecule has 2 N–H and O–H groups in total. The summed E-state index contributed by atoms with van der Waals surface area (Å²) in [6, 6.07) is 2.28. The molecule has 0 saturated carbocycles. The first-order valence-corrected chi connectivity index (χ1v) is 7.89. The minimum Gasteiger partial charge on any atom is -0.385 e. The standard InChI is InChI=1S/C12H18ClFN2O3S/c1-15-8-9-6-10(7-11(14)12(9)13)20(17,18)16-4-3-5-19-2/h6-7,15-16H,3-5,8H2,1-2H3. The molecule has 0 fully saturated rings. The Morgan fingerprint density at radius 2 is 2.10 bits per heavy atom. The zero-order chi connectivity index (χ0) is 15.2. The maximum atomic E-state index is 13.7. The van der Waals surface area contributed by atoms with Gasteiger partial charge in [0.05, 0.1) is 9.92 Å². The monoisotopic (exact) mass is 324 g/mol. The van der Waals surface area contributed by atoms with Gasteiger partial charge in [0.25, 0.3) is 0 Å². The molecule has 1 rings (SSSR count). The minimum absolute atomic E-state index is 0.0716. The van der Waals surface area contributed by atoms with Gasteiger partial charge in [-0.1, -0.05) is 11.6 Å². The van der Waals surface area contributed by atoms with Crippen LogP contribution in [0.25, 0.3) is 0 Å². The second-order valence-electron chi connectivity index (χ2n) is 4.15. The Kier molecular flexibility index (Phi) is 6.84. The molecule has 0 aromatic heterocycles. The smallest absolute Gasteiger partial charge is 0.240 e. The fourth-order valence-corrected chi connectivity index (χ4v) is 2.91. The highest BCUT2D eigenvalue weighted by molar-refractivity contribution is 7.89. The SMILES string of the molecule is CNCc1cc(S(=O)(=O)NCCCOC)cc(F)c1Cl. The normalized spacial score (nSPS) is 11.8. The molecule has 20 heavy (non-hydrogen) atoms. The van der Waals surface area contributed by atoms with Gasteiger partial charge < -0.3 is 10.1 Å². The summed E-state index contributed by atoms with van der Waals surface area (Å²) in [5, 5.41) is 2.74. The van der Waals surface area contributed by atoms with Gasteiger partial charge in [-0.3, -0.25) is 0 Å². The number of rotatable bonds is 8. The quantitative estimate of drug-likeness (QED) is 0.711. The minimum atomic E-state index is -3.75. The van der Waals surface area contributed by atoms with E-state index in [1.165, 1.54) is 13.2 Å². The summed E-state index contributed by atoms with van der Waals surface area (Å²) < 4.78 is 44.9. The molecule has 114 valence electrons. The molecule has 5 nitrogen and oxygen atoms in total. The van der Waals surface area contributed by atoms with Crippen molar-refractivity contribution in [2.45, 2.75) is 17.9 Å². The number of hydrogen-bond donors (Lipinski definition) is 2. The number of sulfonamides is 1. The first-order valence-electron chi connectivity index (χ1n) is 6.03. The molecule has 0 bridgehead atoms. The van der Waals surface area contributed by atoms with Crippen molar-refractivity contribution in [2.24, 2.45) is 0 Å². The van der Waals surface area contributed by atoms with E-state index in [0.29, 0.717) is 18.6 Å². The first kappa shape index (κ1) is 17.3. The van der Waals surface area contributed by atoms with Crippen molar-refractivity contribution in [1.82, 2.24) is 10.0 Å². The zero-order valence-electron chi connectivity index (χ0n) is 11.4. The number of ether oxygens (including phenoxy) is 1. The van der Waals surface area contributed by atoms with Crippen molar-refractivity contribution in [3.63, 3.8) is 0 Å². The number of methoxy groups -OCH3 is 1. The number of nitrogens with one attached hydrogen (secondary N) is 2. The average Bonchev–Trinajstić information content (AvgIpc) is 2.40. The highest BCUT2D eigenvalue weighted by atomic mass is 35.5. The van der Waals surface area contributed by atoms with E-state index in [2.05, 4.69) is 10.0 Å². The van der Waals surface area contributed by atoms with Crippen LogP contribution in [0.5, 0.6) is 0 Å². The Labute approximate surface area is 123 Å². The fourth-order valence-electron chi connectivity index (χ4n) is 1.60. The predicted molar refractivity (Wildman–Crippen MR) is 75.9 cm³/mol. The van der Waals surface area contributed by atoms with Crippen LogP contribution in [0.3, 0.4) is 0 Å². The predicted octanol–water partition coefficient (Wildman–Crippen LogP) is 1.51. The van der Waals surface area contributed by atoms with Crippen LogP contribution in [0.2, 0.25) is 5.02 Å². The van der Waals surface area contributed by atoms with Gasteiger partial charge in [0, 0.05) is 26.8 Å². The van der Waals surface area contributed by atoms with Gasteiger partial charge in [-0.15, -0.1) is 0 Å². The van der Waals surface area contributed by atoms with Crippen molar-refractivity contribution in [2.75, 3.05) is 27.3 Å². The van der Waals surface area contributed by atoms with E-state index in [-0.39, 0.29) is 23.0 Å². The van der Waals surface area contributed by atoms with Gasteiger partial charge >= 0.3 is 0 Å². The number of halogens is 2. The molecule has 0 aliphatic rings. The lowest BCUT2D eigenvalue weighted by atomic mass is 10.2. The molecule has 0 heterocycles. The van der Waals surface area contributed by atoms with Crippen LogP contribution in [0.15, 0.2) is 17.0 Å². The van der Waals surface area contributed by atoms with Crippen LogP contribution in [0.4, 0.5) is 4.39 Å². The Morgan fingerprint density at radius 1 is 1.40 bits per heavy atom. The molecule has 1 aromatic carbocycles. The molecule has 0 radical (unpaired) electrons. The Balaban J connectivity index is 2.94. The van der Waals surface area contributed by atoms with E-state index in [1.54, 1.807) is 7.05 Å². The fraction of sp³-hybridized carbons (Fsp3) is 0.500. The highest BCUT2D eigenvalue weighted by Gasteiger charge is 2.18. The molecule has 8 heteroatoms. The summed E-state index contributed by atoms with van der Waals surface area (Å²) in [4.78, 5) is -0.137. The van der Waals surface area contributed by atoms with Crippen LogP contribution in [0, 0.1) is 5.82 Å². The maximum Gasteiger partial charge on any atom is 0.240 e. The van der Waals surface area contributed by atoms with Crippen LogP contribution in [0.1, 0.15) is 12.0 Å². The van der Waals surface area contributed by atoms with Gasteiger partial charge in [0.1, 0.15) is 5.82 Å². The molecule has 0 aliphatic carbocycles. The Bertz CT molecular complexity index is 552. The third-order valence-corrected chi connectivity index (χ3v) is 4.44. The van der Waals surface area contributed by atoms with Crippen LogP contribution >= 0.6 is 11.6 Å². The van der Waals surface area contributed by atoms with Gasteiger partial charge in [0.2, 0.25) is 10.0 Å². The van der Waals surface area contributed by atoms with Gasteiger partial charge in [-0.2, -0.15) is 0 Å². The number of benzene rings is 1. The summed E-state index contributed by atoms with van der Waals surface area (Å²) in [5.74, 6) is -0.753. The van der Waals surface area contributed by atoms with Crippen molar-refractivity contribution in [1.29, 1.82) is 0 Å². The lowest BCUT2D eigenvalue weighted by Gasteiger charge is -2.10. The summed E-state index contributed by atoms with van der Waals surface area (Å²) in [7, 11) is -0.553. The molecule has 1 aromatic rings. The first-order chi connectivity index (χ1) is 9.42. The van der Waals surface area contributed by atoms with E-state index < -0.39 is 15.8 Å². The number of hydrogen-bond acceptors (Lipinski definition) is 4. The summed E-state index contributed by atoms with van der Waals surface area (Å²) >= 11 is 5.79. The van der Waals surface area contributed by atoms with Crippen LogP contribution in [-0.2, 0) is 21.3 Å². The van der Waals surface area contributed by atoms with Crippen molar-refractivity contribution in [3.8, 4) is 0 Å². The van der Waals surface area contributed by atoms with Gasteiger partial charge in [-0.25, -0.2) is 17.5 Å². The van der Waals surface area contributed by atoms with E-state index >= 15 is 0 Å². The molecular weight excluding hydrogens is 307 g/mol. The zero-order valence-corrected chi connectivity index (χ0v) is 12.9. The lowest BCUT2D eigenvalue weighted by molar-refractivity contribution is 0.196. The molecule has 0 amide bonds. The van der Waals surface area contributed by atoms with Crippen molar-refractivity contribution < 1.29 is 17.5 Å². The van der Waals surface area contributed by atoms with Crippen molar-refractivity contribution >= 4 is 21.6 Å². The molecule has 0 aliphatic heterocycles. The van der Waals surface area contributed by atoms with Crippen LogP contribution < -0.4 is 10.0 Å². The third-order valence-electron chi connectivity index (χ3n) is 2.57. The highest BCUT2D eigenvalue weighted by Crippen LogP contribution is 2.24. The second-order valence-corrected chi connectivity index (χ2v) is 6.30. The lowest BCUT2D eigenvalue weighted by Crippen LogP contribution is -2.26. The Hall–Kier alpha value is -0.730. The molecule has 0 saturated heterocycles.